The van der Waals surface area contributed by atoms with Gasteiger partial charge in [-0.05, 0) is 94.9 Å². The molecule has 0 bridgehead atoms. The second-order valence-electron chi connectivity index (χ2n) is 12.9. The van der Waals surface area contributed by atoms with Crippen molar-refractivity contribution in [3.8, 4) is 33.4 Å². The largest absolute Gasteiger partial charge is 0.310 e. The Balaban J connectivity index is 1.17. The number of hydrogen-bond donors (Lipinski definition) is 0. The maximum atomic E-state index is 2.40. The van der Waals surface area contributed by atoms with Gasteiger partial charge in [-0.1, -0.05) is 146 Å². The van der Waals surface area contributed by atoms with E-state index >= 15 is 0 Å². The minimum absolute atomic E-state index is 0.943. The van der Waals surface area contributed by atoms with Crippen LogP contribution >= 0.6 is 0 Å². The fraction of sp³-hybridized carbons (Fsp3) is 0.0204. The zero-order valence-corrected chi connectivity index (χ0v) is 28.2. The molecule has 0 fully saturated rings. The molecule has 1 aromatic heterocycles. The van der Waals surface area contributed by atoms with E-state index in [0.717, 1.165) is 23.5 Å². The molecule has 0 aliphatic heterocycles. The maximum Gasteiger partial charge on any atom is 0.0547 e. The number of anilines is 3. The van der Waals surface area contributed by atoms with Crippen LogP contribution in [0.1, 0.15) is 6.42 Å². The first-order chi connectivity index (χ1) is 25.3. The molecular formula is C49H36N2. The van der Waals surface area contributed by atoms with Crippen molar-refractivity contribution in [1.29, 1.82) is 0 Å². The second-order valence-corrected chi connectivity index (χ2v) is 12.9. The van der Waals surface area contributed by atoms with Crippen molar-refractivity contribution in [2.24, 2.45) is 0 Å². The van der Waals surface area contributed by atoms with Crippen molar-refractivity contribution in [1.82, 2.24) is 4.57 Å². The van der Waals surface area contributed by atoms with Gasteiger partial charge in [0.15, 0.2) is 0 Å². The van der Waals surface area contributed by atoms with Crippen LogP contribution in [-0.4, -0.2) is 4.57 Å². The molecule has 0 amide bonds. The Labute approximate surface area is 299 Å². The minimum Gasteiger partial charge on any atom is -0.310 e. The third kappa shape index (κ3) is 5.67. The van der Waals surface area contributed by atoms with Gasteiger partial charge in [0, 0.05) is 33.4 Å². The van der Waals surface area contributed by atoms with Gasteiger partial charge in [0.25, 0.3) is 0 Å². The Hall–Kier alpha value is -6.64. The fourth-order valence-electron chi connectivity index (χ4n) is 7.48. The molecular weight excluding hydrogens is 617 g/mol. The predicted molar refractivity (Wildman–Crippen MR) is 218 cm³/mol. The summed E-state index contributed by atoms with van der Waals surface area (Å²) in [4.78, 5) is 2.37. The van der Waals surface area contributed by atoms with Gasteiger partial charge in [-0.3, -0.25) is 0 Å². The molecule has 2 heteroatoms. The van der Waals surface area contributed by atoms with E-state index in [4.69, 9.17) is 0 Å². The van der Waals surface area contributed by atoms with E-state index in [1.807, 2.05) is 0 Å². The molecule has 242 valence electrons. The molecule has 2 nitrogen and oxygen atoms in total. The standard InChI is InChI=1S/C49H36N2/c1-2-8-26-41(25-7-1)51-47-32-14-12-29-45(47)49-44(30-17-33-48(49)51)39-22-15-20-37(34-39)38-21-16-27-42(35-38)50(40-23-9-4-10-24-40)46-31-13-11-28-43(46)36-18-5-3-6-19-36/h1,3-35H,2H2. The van der Waals surface area contributed by atoms with Crippen LogP contribution < -0.4 is 4.90 Å². The third-order valence-electron chi connectivity index (χ3n) is 9.78. The number of hydrogen-bond acceptors (Lipinski definition) is 1. The number of para-hydroxylation sites is 3. The molecule has 0 N–H and O–H groups in total. The third-order valence-corrected chi connectivity index (χ3v) is 9.78. The van der Waals surface area contributed by atoms with Crippen molar-refractivity contribution >= 4 is 44.6 Å². The zero-order chi connectivity index (χ0) is 34.0. The lowest BCUT2D eigenvalue weighted by atomic mass is 9.95. The van der Waals surface area contributed by atoms with Gasteiger partial charge in [-0.15, -0.1) is 0 Å². The molecule has 1 aliphatic rings. The fourth-order valence-corrected chi connectivity index (χ4v) is 7.48. The zero-order valence-electron chi connectivity index (χ0n) is 28.2. The summed E-state index contributed by atoms with van der Waals surface area (Å²) in [7, 11) is 0. The minimum atomic E-state index is 0.943. The van der Waals surface area contributed by atoms with Crippen LogP contribution in [0.4, 0.5) is 17.1 Å². The first-order valence-electron chi connectivity index (χ1n) is 17.6. The summed E-state index contributed by atoms with van der Waals surface area (Å²) in [5, 5.41) is 2.53. The van der Waals surface area contributed by atoms with E-state index in [-0.39, 0.29) is 0 Å². The molecule has 0 saturated carbocycles. The summed E-state index contributed by atoms with van der Waals surface area (Å²) in [6.07, 6.45) is 12.0. The Bertz CT molecular complexity index is 2600. The topological polar surface area (TPSA) is 8.17 Å². The van der Waals surface area contributed by atoms with Gasteiger partial charge in [0.05, 0.1) is 16.7 Å². The highest BCUT2D eigenvalue weighted by molar-refractivity contribution is 6.16. The van der Waals surface area contributed by atoms with E-state index in [1.54, 1.807) is 0 Å². The van der Waals surface area contributed by atoms with Gasteiger partial charge in [0.2, 0.25) is 0 Å². The summed E-state index contributed by atoms with van der Waals surface area (Å²) in [6.45, 7) is 0. The lowest BCUT2D eigenvalue weighted by molar-refractivity contribution is 1.24. The van der Waals surface area contributed by atoms with Crippen LogP contribution in [0, 0.1) is 0 Å². The van der Waals surface area contributed by atoms with E-state index in [1.165, 1.54) is 60.9 Å². The van der Waals surface area contributed by atoms with Crippen molar-refractivity contribution in [2.45, 2.75) is 6.42 Å². The molecule has 1 heterocycles. The van der Waals surface area contributed by atoms with E-state index < -0.39 is 0 Å². The first kappa shape index (κ1) is 30.4. The number of fused-ring (bicyclic) bond motifs is 3. The smallest absolute Gasteiger partial charge is 0.0547 e. The second kappa shape index (κ2) is 13.3. The van der Waals surface area contributed by atoms with Crippen molar-refractivity contribution < 1.29 is 0 Å². The first-order valence-corrected chi connectivity index (χ1v) is 17.6. The van der Waals surface area contributed by atoms with Gasteiger partial charge >= 0.3 is 0 Å². The summed E-state index contributed by atoms with van der Waals surface area (Å²) in [5.74, 6) is 0. The molecule has 0 saturated heterocycles. The Morgan fingerprint density at radius 2 is 1.08 bits per heavy atom. The monoisotopic (exact) mass is 652 g/mol. The molecule has 51 heavy (non-hydrogen) atoms. The van der Waals surface area contributed by atoms with Gasteiger partial charge in [0.1, 0.15) is 0 Å². The van der Waals surface area contributed by atoms with Crippen molar-refractivity contribution in [3.05, 3.63) is 206 Å². The summed E-state index contributed by atoms with van der Waals surface area (Å²) < 4.78 is 2.40. The quantitative estimate of drug-likeness (QED) is 0.166. The lowest BCUT2D eigenvalue weighted by Crippen LogP contribution is -2.11. The SMILES string of the molecule is C1=CCC=CC(n2c3ccccc3c3c(-c4cccc(-c5cccc(N(c6ccccc6)c6ccccc6-c6ccccc6)c5)c4)cccc32)=C1. The van der Waals surface area contributed by atoms with Crippen LogP contribution in [0.25, 0.3) is 60.9 Å². The summed E-state index contributed by atoms with van der Waals surface area (Å²) in [6, 6.07) is 63.4. The van der Waals surface area contributed by atoms with Crippen LogP contribution in [0.5, 0.6) is 0 Å². The normalized spacial score (nSPS) is 12.6. The highest BCUT2D eigenvalue weighted by atomic mass is 15.1. The van der Waals surface area contributed by atoms with Gasteiger partial charge in [-0.2, -0.15) is 0 Å². The van der Waals surface area contributed by atoms with Gasteiger partial charge < -0.3 is 9.47 Å². The molecule has 7 aromatic carbocycles. The number of benzene rings is 7. The highest BCUT2D eigenvalue weighted by Crippen LogP contribution is 2.43. The number of nitrogens with zero attached hydrogens (tertiary/aromatic N) is 2. The summed E-state index contributed by atoms with van der Waals surface area (Å²) in [5.41, 5.74) is 14.1. The van der Waals surface area contributed by atoms with E-state index in [0.29, 0.717) is 0 Å². The highest BCUT2D eigenvalue weighted by Gasteiger charge is 2.19. The Kier molecular flexibility index (Phi) is 7.96. The van der Waals surface area contributed by atoms with Crippen molar-refractivity contribution in [2.75, 3.05) is 4.90 Å². The Morgan fingerprint density at radius 1 is 0.451 bits per heavy atom. The van der Waals surface area contributed by atoms with Crippen LogP contribution in [0.3, 0.4) is 0 Å². The van der Waals surface area contributed by atoms with Crippen LogP contribution in [-0.2, 0) is 0 Å². The van der Waals surface area contributed by atoms with Gasteiger partial charge in [-0.25, -0.2) is 0 Å². The molecule has 0 spiro atoms. The maximum absolute atomic E-state index is 2.40. The predicted octanol–water partition coefficient (Wildman–Crippen LogP) is 13.6. The lowest BCUT2D eigenvalue weighted by Gasteiger charge is -2.28. The molecule has 1 aliphatic carbocycles. The van der Waals surface area contributed by atoms with Crippen molar-refractivity contribution in [3.63, 3.8) is 0 Å². The number of rotatable bonds is 7. The molecule has 8 aromatic rings. The summed E-state index contributed by atoms with van der Waals surface area (Å²) >= 11 is 0. The molecule has 9 rings (SSSR count). The van der Waals surface area contributed by atoms with Crippen LogP contribution in [0.2, 0.25) is 0 Å². The molecule has 0 radical (unpaired) electrons. The number of allylic oxidation sites excluding steroid dienone is 6. The Morgan fingerprint density at radius 3 is 1.96 bits per heavy atom. The molecule has 0 atom stereocenters. The van der Waals surface area contributed by atoms with Crippen LogP contribution in [0.15, 0.2) is 206 Å². The average Bonchev–Trinajstić information content (AvgIpc) is 3.32. The average molecular weight is 653 g/mol. The number of aromatic nitrogens is 1. The molecule has 0 unspecified atom stereocenters. The van der Waals surface area contributed by atoms with E-state index in [2.05, 4.69) is 216 Å². The van der Waals surface area contributed by atoms with E-state index in [9.17, 15) is 0 Å².